The Hall–Kier alpha value is -3.65. The van der Waals surface area contributed by atoms with E-state index in [1.54, 1.807) is 7.11 Å². The Kier molecular flexibility index (Phi) is 6.05. The number of Topliss-reactive ketones (excluding diaryl/α,β-unsaturated/α-hetero) is 1. The minimum absolute atomic E-state index is 0.119. The van der Waals surface area contributed by atoms with Crippen molar-refractivity contribution in [3.05, 3.63) is 126 Å². The molecule has 0 fully saturated rings. The van der Waals surface area contributed by atoms with Crippen LogP contribution in [0.3, 0.4) is 0 Å². The fourth-order valence-electron chi connectivity index (χ4n) is 3.71. The number of carbonyl (C=O) groups excluding carboxylic acids is 1. The Bertz CT molecular complexity index is 1080. The van der Waals surface area contributed by atoms with Gasteiger partial charge in [0, 0.05) is 5.56 Å². The molecule has 0 heterocycles. The SMILES string of the molecule is COc1ccc(C(=O)[C@H](Cc2ccccc2)c2ccc(-c3ccccc3)cc2)cc1. The van der Waals surface area contributed by atoms with Crippen molar-refractivity contribution in [3.63, 3.8) is 0 Å². The highest BCUT2D eigenvalue weighted by Crippen LogP contribution is 2.28. The van der Waals surface area contributed by atoms with Crippen LogP contribution in [0.2, 0.25) is 0 Å². The fourth-order valence-corrected chi connectivity index (χ4v) is 3.71. The van der Waals surface area contributed by atoms with Crippen LogP contribution in [0.1, 0.15) is 27.4 Å². The van der Waals surface area contributed by atoms with Crippen molar-refractivity contribution < 1.29 is 9.53 Å². The van der Waals surface area contributed by atoms with Crippen LogP contribution in [0.4, 0.5) is 0 Å². The van der Waals surface area contributed by atoms with E-state index in [-0.39, 0.29) is 11.7 Å². The number of methoxy groups -OCH3 is 1. The van der Waals surface area contributed by atoms with Crippen LogP contribution in [0.25, 0.3) is 11.1 Å². The van der Waals surface area contributed by atoms with E-state index in [1.165, 1.54) is 5.56 Å². The quantitative estimate of drug-likeness (QED) is 0.332. The van der Waals surface area contributed by atoms with Crippen LogP contribution >= 0.6 is 0 Å². The van der Waals surface area contributed by atoms with E-state index in [9.17, 15) is 4.79 Å². The van der Waals surface area contributed by atoms with Gasteiger partial charge < -0.3 is 4.74 Å². The topological polar surface area (TPSA) is 26.3 Å². The average molecular weight is 392 g/mol. The predicted molar refractivity (Wildman–Crippen MR) is 122 cm³/mol. The maximum Gasteiger partial charge on any atom is 0.170 e. The highest BCUT2D eigenvalue weighted by atomic mass is 16.5. The first-order valence-corrected chi connectivity index (χ1v) is 10.1. The second-order valence-electron chi connectivity index (χ2n) is 7.32. The normalized spacial score (nSPS) is 11.6. The number of carbonyl (C=O) groups is 1. The number of hydrogen-bond donors (Lipinski definition) is 0. The van der Waals surface area contributed by atoms with Gasteiger partial charge in [-0.1, -0.05) is 84.9 Å². The molecule has 2 nitrogen and oxygen atoms in total. The molecule has 2 heteroatoms. The maximum absolute atomic E-state index is 13.5. The summed E-state index contributed by atoms with van der Waals surface area (Å²) in [6, 6.07) is 36.2. The fraction of sp³-hybridized carbons (Fsp3) is 0.107. The van der Waals surface area contributed by atoms with Gasteiger partial charge in [0.1, 0.15) is 5.75 Å². The number of benzene rings is 4. The smallest absolute Gasteiger partial charge is 0.170 e. The summed E-state index contributed by atoms with van der Waals surface area (Å²) in [5, 5.41) is 0. The Morgan fingerprint density at radius 2 is 1.27 bits per heavy atom. The van der Waals surface area contributed by atoms with Crippen LogP contribution in [-0.2, 0) is 6.42 Å². The minimum atomic E-state index is -0.245. The molecule has 4 aromatic carbocycles. The van der Waals surface area contributed by atoms with Gasteiger partial charge in [-0.3, -0.25) is 4.79 Å². The number of ketones is 1. The Morgan fingerprint density at radius 1 is 0.700 bits per heavy atom. The zero-order valence-corrected chi connectivity index (χ0v) is 17.0. The van der Waals surface area contributed by atoms with Crippen molar-refractivity contribution >= 4 is 5.78 Å². The van der Waals surface area contributed by atoms with Gasteiger partial charge >= 0.3 is 0 Å². The molecule has 0 bridgehead atoms. The van der Waals surface area contributed by atoms with Crippen molar-refractivity contribution in [2.45, 2.75) is 12.3 Å². The second kappa shape index (κ2) is 9.23. The largest absolute Gasteiger partial charge is 0.497 e. The van der Waals surface area contributed by atoms with Crippen molar-refractivity contribution in [2.24, 2.45) is 0 Å². The molecule has 4 rings (SSSR count). The highest BCUT2D eigenvalue weighted by Gasteiger charge is 2.23. The molecule has 0 amide bonds. The Morgan fingerprint density at radius 3 is 1.87 bits per heavy atom. The predicted octanol–water partition coefficient (Wildman–Crippen LogP) is 6.57. The molecule has 1 atom stereocenters. The lowest BCUT2D eigenvalue weighted by atomic mass is 9.85. The number of ether oxygens (including phenoxy) is 1. The third-order valence-electron chi connectivity index (χ3n) is 5.39. The third-order valence-corrected chi connectivity index (χ3v) is 5.39. The lowest BCUT2D eigenvalue weighted by Gasteiger charge is -2.18. The molecule has 0 aliphatic carbocycles. The summed E-state index contributed by atoms with van der Waals surface area (Å²) in [6.45, 7) is 0. The summed E-state index contributed by atoms with van der Waals surface area (Å²) in [6.07, 6.45) is 0.663. The van der Waals surface area contributed by atoms with E-state index >= 15 is 0 Å². The monoisotopic (exact) mass is 392 g/mol. The van der Waals surface area contributed by atoms with Gasteiger partial charge in [-0.05, 0) is 52.9 Å². The second-order valence-corrected chi connectivity index (χ2v) is 7.32. The summed E-state index contributed by atoms with van der Waals surface area (Å²) < 4.78 is 5.23. The highest BCUT2D eigenvalue weighted by molar-refractivity contribution is 6.01. The van der Waals surface area contributed by atoms with Crippen LogP contribution < -0.4 is 4.74 Å². The van der Waals surface area contributed by atoms with Gasteiger partial charge in [0.2, 0.25) is 0 Å². The van der Waals surface area contributed by atoms with Crippen molar-refractivity contribution in [3.8, 4) is 16.9 Å². The number of hydrogen-bond acceptors (Lipinski definition) is 2. The molecular weight excluding hydrogens is 368 g/mol. The van der Waals surface area contributed by atoms with E-state index < -0.39 is 0 Å². The molecule has 0 aromatic heterocycles. The zero-order valence-electron chi connectivity index (χ0n) is 17.0. The Labute approximate surface area is 177 Å². The minimum Gasteiger partial charge on any atom is -0.497 e. The van der Waals surface area contributed by atoms with Crippen molar-refractivity contribution in [1.82, 2.24) is 0 Å². The third kappa shape index (κ3) is 4.49. The molecule has 0 aliphatic rings. The molecular formula is C28H24O2. The van der Waals surface area contributed by atoms with Gasteiger partial charge in [0.05, 0.1) is 13.0 Å². The maximum atomic E-state index is 13.5. The lowest BCUT2D eigenvalue weighted by Crippen LogP contribution is -2.16. The van der Waals surface area contributed by atoms with Crippen LogP contribution in [0.5, 0.6) is 5.75 Å². The zero-order chi connectivity index (χ0) is 20.8. The number of rotatable bonds is 7. The standard InChI is InChI=1S/C28H24O2/c1-30-26-18-16-25(17-19-26)28(29)27(20-21-8-4-2-5-9-21)24-14-12-23(13-15-24)22-10-6-3-7-11-22/h2-19,27H,20H2,1H3/t27-/m1/s1. The van der Waals surface area contributed by atoms with E-state index in [2.05, 4.69) is 48.5 Å². The molecule has 148 valence electrons. The molecule has 4 aromatic rings. The summed E-state index contributed by atoms with van der Waals surface area (Å²) in [4.78, 5) is 13.5. The molecule has 0 unspecified atom stereocenters. The van der Waals surface area contributed by atoms with Crippen LogP contribution in [-0.4, -0.2) is 12.9 Å². The van der Waals surface area contributed by atoms with Gasteiger partial charge in [-0.25, -0.2) is 0 Å². The van der Waals surface area contributed by atoms with Crippen LogP contribution in [0, 0.1) is 0 Å². The molecule has 0 saturated carbocycles. The van der Waals surface area contributed by atoms with Gasteiger partial charge in [-0.15, -0.1) is 0 Å². The van der Waals surface area contributed by atoms with Gasteiger partial charge in [-0.2, -0.15) is 0 Å². The van der Waals surface area contributed by atoms with E-state index in [1.807, 2.05) is 60.7 Å². The van der Waals surface area contributed by atoms with E-state index in [4.69, 9.17) is 4.74 Å². The van der Waals surface area contributed by atoms with E-state index in [0.717, 1.165) is 22.4 Å². The Balaban J connectivity index is 1.66. The van der Waals surface area contributed by atoms with Crippen LogP contribution in [0.15, 0.2) is 109 Å². The van der Waals surface area contributed by atoms with Crippen molar-refractivity contribution in [1.29, 1.82) is 0 Å². The first-order valence-electron chi connectivity index (χ1n) is 10.1. The first kappa shape index (κ1) is 19.7. The lowest BCUT2D eigenvalue weighted by molar-refractivity contribution is 0.0959. The molecule has 0 saturated heterocycles. The molecule has 30 heavy (non-hydrogen) atoms. The first-order chi connectivity index (χ1) is 14.7. The molecule has 0 N–H and O–H groups in total. The van der Waals surface area contributed by atoms with Gasteiger partial charge in [0.25, 0.3) is 0 Å². The molecule has 0 spiro atoms. The summed E-state index contributed by atoms with van der Waals surface area (Å²) in [7, 11) is 1.63. The summed E-state index contributed by atoms with van der Waals surface area (Å²) >= 11 is 0. The average Bonchev–Trinajstić information content (AvgIpc) is 2.83. The summed E-state index contributed by atoms with van der Waals surface area (Å²) in [5.74, 6) is 0.623. The molecule has 0 aliphatic heterocycles. The van der Waals surface area contributed by atoms with E-state index in [0.29, 0.717) is 12.0 Å². The summed E-state index contributed by atoms with van der Waals surface area (Å²) in [5.41, 5.74) is 5.19. The van der Waals surface area contributed by atoms with Crippen molar-refractivity contribution in [2.75, 3.05) is 7.11 Å². The van der Waals surface area contributed by atoms with Gasteiger partial charge in [0.15, 0.2) is 5.78 Å². The molecule has 0 radical (unpaired) electrons.